The number of hydrogen-bond donors (Lipinski definition) is 2. The Morgan fingerprint density at radius 3 is 2.64 bits per heavy atom. The largest absolute Gasteiger partial charge is 0.335 e. The number of nitrogens with zero attached hydrogens (tertiary/aromatic N) is 1. The molecule has 2 rings (SSSR count). The van der Waals surface area contributed by atoms with Crippen LogP contribution in [0.25, 0.3) is 0 Å². The zero-order chi connectivity index (χ0) is 16.1. The van der Waals surface area contributed by atoms with Gasteiger partial charge in [-0.2, -0.15) is 11.8 Å². The molecule has 1 heterocycles. The molecule has 0 spiro atoms. The Morgan fingerprint density at radius 1 is 1.18 bits per heavy atom. The van der Waals surface area contributed by atoms with Crippen molar-refractivity contribution < 1.29 is 9.59 Å². The first-order valence-electron chi connectivity index (χ1n) is 8.43. The predicted molar refractivity (Wildman–Crippen MR) is 91.0 cm³/mol. The first kappa shape index (κ1) is 17.6. The normalized spacial score (nSPS) is 33.2. The van der Waals surface area contributed by atoms with E-state index in [1.54, 1.807) is 0 Å². The van der Waals surface area contributed by atoms with E-state index >= 15 is 0 Å². The van der Waals surface area contributed by atoms with E-state index in [0.29, 0.717) is 23.8 Å². The summed E-state index contributed by atoms with van der Waals surface area (Å²) in [5.41, 5.74) is 0. The molecule has 1 aliphatic carbocycles. The summed E-state index contributed by atoms with van der Waals surface area (Å²) in [6.07, 6.45) is 4.56. The fourth-order valence-electron chi connectivity index (χ4n) is 3.30. The van der Waals surface area contributed by atoms with Gasteiger partial charge in [-0.1, -0.05) is 26.7 Å². The molecule has 3 amide bonds. The molecule has 0 aromatic heterocycles. The molecule has 4 atom stereocenters. The molecular formula is C16H29N3O2S. The lowest BCUT2D eigenvalue weighted by molar-refractivity contribution is -0.121. The molecule has 1 saturated heterocycles. The van der Waals surface area contributed by atoms with E-state index in [0.717, 1.165) is 31.6 Å². The smallest absolute Gasteiger partial charge is 0.321 e. The molecule has 0 aromatic carbocycles. The van der Waals surface area contributed by atoms with Crippen LogP contribution in [0.15, 0.2) is 0 Å². The second kappa shape index (κ2) is 8.20. The van der Waals surface area contributed by atoms with Crippen molar-refractivity contribution in [3.8, 4) is 0 Å². The molecule has 126 valence electrons. The molecule has 2 aliphatic rings. The SMILES string of the molecule is C[C@@H]1CCCC[C@@H]1NC(=O)NC(=O)CN1CCS[C@@H](C)[C@H]1C. The van der Waals surface area contributed by atoms with E-state index in [9.17, 15) is 9.59 Å². The molecular weight excluding hydrogens is 298 g/mol. The van der Waals surface area contributed by atoms with Gasteiger partial charge in [0, 0.05) is 29.6 Å². The minimum absolute atomic E-state index is 0.201. The van der Waals surface area contributed by atoms with Crippen molar-refractivity contribution in [2.45, 2.75) is 63.8 Å². The molecule has 22 heavy (non-hydrogen) atoms. The minimum Gasteiger partial charge on any atom is -0.335 e. The summed E-state index contributed by atoms with van der Waals surface area (Å²) in [4.78, 5) is 26.2. The maximum Gasteiger partial charge on any atom is 0.321 e. The van der Waals surface area contributed by atoms with Crippen LogP contribution in [0.5, 0.6) is 0 Å². The fraction of sp³-hybridized carbons (Fsp3) is 0.875. The van der Waals surface area contributed by atoms with Crippen molar-refractivity contribution in [3.63, 3.8) is 0 Å². The van der Waals surface area contributed by atoms with Gasteiger partial charge >= 0.3 is 6.03 Å². The van der Waals surface area contributed by atoms with Gasteiger partial charge in [0.25, 0.3) is 0 Å². The van der Waals surface area contributed by atoms with Gasteiger partial charge < -0.3 is 5.32 Å². The standard InChI is InChI=1S/C16H29N3O2S/c1-11-6-4-5-7-14(11)17-16(21)18-15(20)10-19-8-9-22-13(3)12(19)2/h11-14H,4-10H2,1-3H3,(H2,17,18,20,21)/t11-,12-,13+,14+/m1/s1. The highest BCUT2D eigenvalue weighted by Gasteiger charge is 2.28. The van der Waals surface area contributed by atoms with Gasteiger partial charge in [0.05, 0.1) is 6.54 Å². The average Bonchev–Trinajstić information content (AvgIpc) is 2.46. The number of carbonyl (C=O) groups is 2. The van der Waals surface area contributed by atoms with Gasteiger partial charge in [-0.05, 0) is 25.7 Å². The van der Waals surface area contributed by atoms with Crippen molar-refractivity contribution >= 4 is 23.7 Å². The third-order valence-corrected chi connectivity index (χ3v) is 6.38. The molecule has 0 aromatic rings. The number of nitrogens with one attached hydrogen (secondary N) is 2. The van der Waals surface area contributed by atoms with Crippen molar-refractivity contribution in [2.75, 3.05) is 18.8 Å². The van der Waals surface area contributed by atoms with Crippen LogP contribution < -0.4 is 10.6 Å². The van der Waals surface area contributed by atoms with Crippen LogP contribution in [0.3, 0.4) is 0 Å². The van der Waals surface area contributed by atoms with Crippen molar-refractivity contribution in [1.29, 1.82) is 0 Å². The number of urea groups is 1. The van der Waals surface area contributed by atoms with E-state index in [1.807, 2.05) is 11.8 Å². The summed E-state index contributed by atoms with van der Waals surface area (Å²) in [6, 6.07) is 0.230. The lowest BCUT2D eigenvalue weighted by Gasteiger charge is -2.36. The van der Waals surface area contributed by atoms with Crippen LogP contribution in [0.4, 0.5) is 4.79 Å². The molecule has 2 fully saturated rings. The van der Waals surface area contributed by atoms with E-state index in [-0.39, 0.29) is 18.0 Å². The van der Waals surface area contributed by atoms with Gasteiger partial charge in [-0.25, -0.2) is 4.79 Å². The summed E-state index contributed by atoms with van der Waals surface area (Å²) >= 11 is 1.94. The Balaban J connectivity index is 1.75. The number of amides is 3. The first-order chi connectivity index (χ1) is 10.5. The molecule has 0 unspecified atom stereocenters. The quantitative estimate of drug-likeness (QED) is 0.834. The highest BCUT2D eigenvalue weighted by molar-refractivity contribution is 8.00. The van der Waals surface area contributed by atoms with Crippen LogP contribution in [0, 0.1) is 5.92 Å². The predicted octanol–water partition coefficient (Wildman–Crippen LogP) is 2.22. The van der Waals surface area contributed by atoms with Gasteiger partial charge in [-0.15, -0.1) is 0 Å². The molecule has 2 N–H and O–H groups in total. The Morgan fingerprint density at radius 2 is 1.91 bits per heavy atom. The zero-order valence-electron chi connectivity index (χ0n) is 13.9. The second-order valence-corrected chi connectivity index (χ2v) is 8.16. The van der Waals surface area contributed by atoms with E-state index < -0.39 is 0 Å². The third-order valence-electron chi connectivity index (χ3n) is 5.04. The maximum absolute atomic E-state index is 12.1. The van der Waals surface area contributed by atoms with E-state index in [4.69, 9.17) is 0 Å². The van der Waals surface area contributed by atoms with Crippen molar-refractivity contribution in [1.82, 2.24) is 15.5 Å². The van der Waals surface area contributed by atoms with Crippen LogP contribution in [0.2, 0.25) is 0 Å². The summed E-state index contributed by atoms with van der Waals surface area (Å²) in [5, 5.41) is 5.98. The van der Waals surface area contributed by atoms with Gasteiger partial charge in [-0.3, -0.25) is 15.0 Å². The molecule has 0 radical (unpaired) electrons. The summed E-state index contributed by atoms with van der Waals surface area (Å²) in [7, 11) is 0. The van der Waals surface area contributed by atoms with E-state index in [1.165, 1.54) is 6.42 Å². The minimum atomic E-state index is -0.337. The van der Waals surface area contributed by atoms with Crippen LogP contribution >= 0.6 is 11.8 Å². The molecule has 1 aliphatic heterocycles. The number of rotatable bonds is 3. The Hall–Kier alpha value is -0.750. The Labute approximate surface area is 138 Å². The van der Waals surface area contributed by atoms with Crippen molar-refractivity contribution in [3.05, 3.63) is 0 Å². The molecule has 6 heteroatoms. The number of imide groups is 1. The van der Waals surface area contributed by atoms with Crippen LogP contribution in [-0.2, 0) is 4.79 Å². The van der Waals surface area contributed by atoms with Gasteiger partial charge in [0.1, 0.15) is 0 Å². The maximum atomic E-state index is 12.1. The molecule has 0 bridgehead atoms. The Bertz CT molecular complexity index is 405. The van der Waals surface area contributed by atoms with Gasteiger partial charge in [0.2, 0.25) is 5.91 Å². The lowest BCUT2D eigenvalue weighted by Crippen LogP contribution is -2.52. The van der Waals surface area contributed by atoms with Crippen molar-refractivity contribution in [2.24, 2.45) is 5.92 Å². The lowest BCUT2D eigenvalue weighted by atomic mass is 9.86. The summed E-state index contributed by atoms with van der Waals surface area (Å²) in [6.45, 7) is 7.72. The Kier molecular flexibility index (Phi) is 6.56. The average molecular weight is 327 g/mol. The van der Waals surface area contributed by atoms with Crippen LogP contribution in [-0.4, -0.2) is 53.0 Å². The monoisotopic (exact) mass is 327 g/mol. The fourth-order valence-corrected chi connectivity index (χ4v) is 4.47. The molecule has 1 saturated carbocycles. The van der Waals surface area contributed by atoms with Gasteiger partial charge in [0.15, 0.2) is 0 Å². The number of thioether (sulfide) groups is 1. The highest BCUT2D eigenvalue weighted by atomic mass is 32.2. The van der Waals surface area contributed by atoms with E-state index in [2.05, 4.69) is 36.3 Å². The third kappa shape index (κ3) is 4.88. The molecule has 5 nitrogen and oxygen atoms in total. The summed E-state index contributed by atoms with van der Waals surface area (Å²) in [5.74, 6) is 1.34. The second-order valence-electron chi connectivity index (χ2n) is 6.68. The van der Waals surface area contributed by atoms with Crippen LogP contribution in [0.1, 0.15) is 46.5 Å². The summed E-state index contributed by atoms with van der Waals surface area (Å²) < 4.78 is 0. The number of carbonyl (C=O) groups excluding carboxylic acids is 2. The zero-order valence-corrected chi connectivity index (χ0v) is 14.7. The topological polar surface area (TPSA) is 61.4 Å². The first-order valence-corrected chi connectivity index (χ1v) is 9.48. The highest BCUT2D eigenvalue weighted by Crippen LogP contribution is 2.24. The number of hydrogen-bond acceptors (Lipinski definition) is 4.